The van der Waals surface area contributed by atoms with Gasteiger partial charge in [0.1, 0.15) is 0 Å². The van der Waals surface area contributed by atoms with Crippen molar-refractivity contribution >= 4 is 11.9 Å². The average molecular weight is 251 g/mol. The molecule has 1 heterocycles. The summed E-state index contributed by atoms with van der Waals surface area (Å²) < 4.78 is 5.07. The summed E-state index contributed by atoms with van der Waals surface area (Å²) in [5.41, 5.74) is 0. The number of hydrogen-bond donors (Lipinski definition) is 2. The molecule has 1 aromatic rings. The van der Waals surface area contributed by atoms with Gasteiger partial charge in [0.2, 0.25) is 11.9 Å². The van der Waals surface area contributed by atoms with E-state index in [-0.39, 0.29) is 0 Å². The van der Waals surface area contributed by atoms with Gasteiger partial charge in [-0.2, -0.15) is 15.0 Å². The van der Waals surface area contributed by atoms with E-state index in [1.165, 1.54) is 25.7 Å². The SMILES string of the molecule is CNc1nc(NC2CCCC(C)C2)nc(OC)n1. The molecular formula is C12H21N5O. The van der Waals surface area contributed by atoms with Gasteiger partial charge in [-0.15, -0.1) is 0 Å². The molecule has 6 heteroatoms. The lowest BCUT2D eigenvalue weighted by atomic mass is 9.87. The summed E-state index contributed by atoms with van der Waals surface area (Å²) in [4.78, 5) is 12.6. The zero-order valence-corrected chi connectivity index (χ0v) is 11.2. The molecule has 1 aliphatic rings. The first kappa shape index (κ1) is 12.9. The fourth-order valence-electron chi connectivity index (χ4n) is 2.37. The number of methoxy groups -OCH3 is 1. The van der Waals surface area contributed by atoms with Crippen LogP contribution in [-0.2, 0) is 0 Å². The Balaban J connectivity index is 2.07. The lowest BCUT2D eigenvalue weighted by Gasteiger charge is -2.27. The van der Waals surface area contributed by atoms with Crippen molar-refractivity contribution in [3.63, 3.8) is 0 Å². The van der Waals surface area contributed by atoms with Crippen LogP contribution in [0.2, 0.25) is 0 Å². The monoisotopic (exact) mass is 251 g/mol. The van der Waals surface area contributed by atoms with Crippen LogP contribution in [0.4, 0.5) is 11.9 Å². The van der Waals surface area contributed by atoms with Crippen LogP contribution in [0.25, 0.3) is 0 Å². The predicted octanol–water partition coefficient (Wildman–Crippen LogP) is 1.91. The van der Waals surface area contributed by atoms with Crippen LogP contribution in [0.15, 0.2) is 0 Å². The molecule has 0 aliphatic heterocycles. The normalized spacial score (nSPS) is 23.5. The van der Waals surface area contributed by atoms with Gasteiger partial charge in [0.25, 0.3) is 0 Å². The second kappa shape index (κ2) is 5.84. The Morgan fingerprint density at radius 1 is 1.17 bits per heavy atom. The molecule has 1 saturated carbocycles. The quantitative estimate of drug-likeness (QED) is 0.851. The molecule has 2 atom stereocenters. The third-order valence-corrected chi connectivity index (χ3v) is 3.29. The molecule has 0 radical (unpaired) electrons. The van der Waals surface area contributed by atoms with Gasteiger partial charge >= 0.3 is 6.01 Å². The van der Waals surface area contributed by atoms with Crippen LogP contribution < -0.4 is 15.4 Å². The largest absolute Gasteiger partial charge is 0.467 e. The standard InChI is InChI=1S/C12H21N5O/c1-8-5-4-6-9(7-8)14-11-15-10(13-2)16-12(17-11)18-3/h8-9H,4-7H2,1-3H3,(H2,13,14,15,16,17). The third-order valence-electron chi connectivity index (χ3n) is 3.29. The maximum Gasteiger partial charge on any atom is 0.322 e. The highest BCUT2D eigenvalue weighted by Crippen LogP contribution is 2.25. The van der Waals surface area contributed by atoms with Crippen LogP contribution in [0, 0.1) is 5.92 Å². The fourth-order valence-corrected chi connectivity index (χ4v) is 2.37. The van der Waals surface area contributed by atoms with E-state index in [9.17, 15) is 0 Å². The van der Waals surface area contributed by atoms with Crippen molar-refractivity contribution in [1.29, 1.82) is 0 Å². The number of hydrogen-bond acceptors (Lipinski definition) is 6. The molecule has 1 aromatic heterocycles. The van der Waals surface area contributed by atoms with E-state index in [2.05, 4.69) is 32.5 Å². The summed E-state index contributed by atoms with van der Waals surface area (Å²) in [5.74, 6) is 1.88. The van der Waals surface area contributed by atoms with E-state index in [4.69, 9.17) is 4.74 Å². The van der Waals surface area contributed by atoms with Crippen molar-refractivity contribution in [2.75, 3.05) is 24.8 Å². The van der Waals surface area contributed by atoms with Gasteiger partial charge in [-0.1, -0.05) is 19.8 Å². The van der Waals surface area contributed by atoms with Crippen molar-refractivity contribution in [3.05, 3.63) is 0 Å². The van der Waals surface area contributed by atoms with Crippen molar-refractivity contribution in [2.24, 2.45) is 5.92 Å². The van der Waals surface area contributed by atoms with E-state index in [1.54, 1.807) is 14.2 Å². The zero-order chi connectivity index (χ0) is 13.0. The molecule has 100 valence electrons. The lowest BCUT2D eigenvalue weighted by Crippen LogP contribution is -2.27. The smallest absolute Gasteiger partial charge is 0.322 e. The number of ether oxygens (including phenoxy) is 1. The summed E-state index contributed by atoms with van der Waals surface area (Å²) in [6.45, 7) is 2.29. The Hall–Kier alpha value is -1.59. The number of nitrogens with zero attached hydrogens (tertiary/aromatic N) is 3. The van der Waals surface area contributed by atoms with Gasteiger partial charge in [-0.25, -0.2) is 0 Å². The Labute approximate surface area is 108 Å². The second-order valence-corrected chi connectivity index (χ2v) is 4.83. The van der Waals surface area contributed by atoms with E-state index >= 15 is 0 Å². The van der Waals surface area contributed by atoms with E-state index < -0.39 is 0 Å². The maximum absolute atomic E-state index is 5.07. The van der Waals surface area contributed by atoms with Gasteiger partial charge in [-0.05, 0) is 18.8 Å². The maximum atomic E-state index is 5.07. The topological polar surface area (TPSA) is 72.0 Å². The first-order chi connectivity index (χ1) is 8.71. The predicted molar refractivity (Wildman–Crippen MR) is 71.0 cm³/mol. The summed E-state index contributed by atoms with van der Waals surface area (Å²) >= 11 is 0. The molecule has 0 saturated heterocycles. The molecule has 0 amide bonds. The van der Waals surface area contributed by atoms with Crippen molar-refractivity contribution in [3.8, 4) is 6.01 Å². The Kier molecular flexibility index (Phi) is 4.17. The van der Waals surface area contributed by atoms with Gasteiger partial charge in [0.15, 0.2) is 0 Å². The van der Waals surface area contributed by atoms with Crippen LogP contribution in [0.5, 0.6) is 6.01 Å². The van der Waals surface area contributed by atoms with Crippen LogP contribution >= 0.6 is 0 Å². The minimum atomic E-state index is 0.334. The Bertz CT molecular complexity index is 376. The summed E-state index contributed by atoms with van der Waals surface area (Å²) in [6, 6.07) is 0.784. The molecule has 1 aliphatic carbocycles. The third kappa shape index (κ3) is 3.21. The summed E-state index contributed by atoms with van der Waals surface area (Å²) in [6.07, 6.45) is 4.93. The molecule has 2 rings (SSSR count). The fraction of sp³-hybridized carbons (Fsp3) is 0.750. The van der Waals surface area contributed by atoms with E-state index in [0.717, 1.165) is 5.92 Å². The van der Waals surface area contributed by atoms with Gasteiger partial charge in [0.05, 0.1) is 7.11 Å². The van der Waals surface area contributed by atoms with Gasteiger partial charge in [0, 0.05) is 13.1 Å². The average Bonchev–Trinajstić information content (AvgIpc) is 2.38. The molecule has 0 spiro atoms. The molecule has 0 aromatic carbocycles. The number of rotatable bonds is 4. The molecule has 6 nitrogen and oxygen atoms in total. The summed E-state index contributed by atoms with van der Waals surface area (Å²) in [7, 11) is 3.34. The minimum absolute atomic E-state index is 0.334. The van der Waals surface area contributed by atoms with Crippen LogP contribution in [0.1, 0.15) is 32.6 Å². The molecule has 0 bridgehead atoms. The van der Waals surface area contributed by atoms with Crippen molar-refractivity contribution in [1.82, 2.24) is 15.0 Å². The highest BCUT2D eigenvalue weighted by Gasteiger charge is 2.20. The first-order valence-electron chi connectivity index (χ1n) is 6.45. The van der Waals surface area contributed by atoms with Gasteiger partial charge < -0.3 is 15.4 Å². The van der Waals surface area contributed by atoms with Gasteiger partial charge in [-0.3, -0.25) is 0 Å². The highest BCUT2D eigenvalue weighted by molar-refractivity contribution is 5.36. The summed E-state index contributed by atoms with van der Waals surface area (Å²) in [5, 5.41) is 6.28. The van der Waals surface area contributed by atoms with E-state index in [0.29, 0.717) is 23.9 Å². The first-order valence-corrected chi connectivity index (χ1v) is 6.45. The van der Waals surface area contributed by atoms with E-state index in [1.807, 2.05) is 0 Å². The molecule has 18 heavy (non-hydrogen) atoms. The number of nitrogens with one attached hydrogen (secondary N) is 2. The molecule has 2 N–H and O–H groups in total. The van der Waals surface area contributed by atoms with Crippen LogP contribution in [-0.4, -0.2) is 35.2 Å². The molecule has 1 fully saturated rings. The minimum Gasteiger partial charge on any atom is -0.467 e. The van der Waals surface area contributed by atoms with Crippen molar-refractivity contribution < 1.29 is 4.74 Å². The zero-order valence-electron chi connectivity index (χ0n) is 11.2. The number of anilines is 2. The Morgan fingerprint density at radius 3 is 2.61 bits per heavy atom. The molecular weight excluding hydrogens is 230 g/mol. The Morgan fingerprint density at radius 2 is 1.94 bits per heavy atom. The van der Waals surface area contributed by atoms with Crippen molar-refractivity contribution in [2.45, 2.75) is 38.6 Å². The van der Waals surface area contributed by atoms with Crippen LogP contribution in [0.3, 0.4) is 0 Å². The second-order valence-electron chi connectivity index (χ2n) is 4.83. The number of aromatic nitrogens is 3. The highest BCUT2D eigenvalue weighted by atomic mass is 16.5. The molecule has 2 unspecified atom stereocenters. The lowest BCUT2D eigenvalue weighted by molar-refractivity contribution is 0.355.